The van der Waals surface area contributed by atoms with E-state index in [0.717, 1.165) is 26.7 Å². The fourth-order valence-corrected chi connectivity index (χ4v) is 8.42. The Labute approximate surface area is 336 Å². The van der Waals surface area contributed by atoms with Crippen molar-refractivity contribution in [2.45, 2.75) is 114 Å². The molecule has 20 heteroatoms. The lowest BCUT2D eigenvalue weighted by atomic mass is 9.91. The summed E-state index contributed by atoms with van der Waals surface area (Å²) in [7, 11) is -3.24. The summed E-state index contributed by atoms with van der Waals surface area (Å²) >= 11 is 0. The molecule has 326 valence electrons. The highest BCUT2D eigenvalue weighted by molar-refractivity contribution is 7.91. The van der Waals surface area contributed by atoms with Crippen molar-refractivity contribution < 1.29 is 68.0 Å². The van der Waals surface area contributed by atoms with Gasteiger partial charge in [-0.3, -0.25) is 14.4 Å². The predicted molar refractivity (Wildman–Crippen MR) is 205 cm³/mol. The fourth-order valence-electron chi connectivity index (χ4n) is 7.17. The van der Waals surface area contributed by atoms with Gasteiger partial charge in [0, 0.05) is 47.5 Å². The van der Waals surface area contributed by atoms with Gasteiger partial charge >= 0.3 is 12.3 Å². The summed E-state index contributed by atoms with van der Waals surface area (Å²) in [6.45, 7) is 5.59. The molecule has 3 heterocycles. The maximum absolute atomic E-state index is 14.6. The summed E-state index contributed by atoms with van der Waals surface area (Å²) in [4.78, 5) is 56.9. The summed E-state index contributed by atoms with van der Waals surface area (Å²) in [5.41, 5.74) is 0.280. The number of carbonyl (C=O) groups excluding carboxylic acids is 4. The first kappa shape index (κ1) is 44.4. The first-order valence-corrected chi connectivity index (χ1v) is 20.3. The van der Waals surface area contributed by atoms with Crippen LogP contribution in [-0.4, -0.2) is 90.2 Å². The molecule has 4 aliphatic rings. The largest absolute Gasteiger partial charge is 0.494 e. The Hall–Kier alpha value is -4.75. The minimum atomic E-state index is -4.61. The number of methoxy groups -OCH3 is 1. The van der Waals surface area contributed by atoms with Crippen molar-refractivity contribution >= 4 is 44.6 Å². The number of fused-ring (bicyclic) bond motifs is 3. The topological polar surface area (TPSA) is 196 Å². The molecule has 0 unspecified atom stereocenters. The highest BCUT2D eigenvalue weighted by Crippen LogP contribution is 2.48. The number of nitrogens with zero attached hydrogens (tertiary/aromatic N) is 2. The van der Waals surface area contributed by atoms with Crippen LogP contribution < -0.4 is 25.2 Å². The summed E-state index contributed by atoms with van der Waals surface area (Å²) in [6, 6.07) is 3.42. The zero-order valence-corrected chi connectivity index (χ0v) is 33.5. The van der Waals surface area contributed by atoms with Crippen LogP contribution in [0.25, 0.3) is 10.8 Å². The van der Waals surface area contributed by atoms with Gasteiger partial charge < -0.3 is 30.2 Å². The number of primary amides is 1. The highest BCUT2D eigenvalue weighted by Gasteiger charge is 2.64. The molecule has 4 N–H and O–H groups in total. The van der Waals surface area contributed by atoms with E-state index >= 15 is 0 Å². The molecule has 1 aromatic heterocycles. The van der Waals surface area contributed by atoms with E-state index in [0.29, 0.717) is 23.1 Å². The Morgan fingerprint density at radius 3 is 2.41 bits per heavy atom. The number of hydrogen-bond acceptors (Lipinski definition) is 10. The molecule has 1 aromatic carbocycles. The van der Waals surface area contributed by atoms with Gasteiger partial charge in [-0.1, -0.05) is 26.0 Å². The lowest BCUT2D eigenvalue weighted by Gasteiger charge is -2.27. The van der Waals surface area contributed by atoms with Crippen molar-refractivity contribution in [3.05, 3.63) is 42.4 Å². The Bertz CT molecular complexity index is 2080. The van der Waals surface area contributed by atoms with E-state index in [9.17, 15) is 49.5 Å². The van der Waals surface area contributed by atoms with Crippen LogP contribution in [0.3, 0.4) is 0 Å². The zero-order valence-electron chi connectivity index (χ0n) is 32.7. The van der Waals surface area contributed by atoms with Crippen molar-refractivity contribution in [3.8, 4) is 11.6 Å². The SMILES string of the molecule is CC(C)(OC(N)=O)C(F)(F)F.COc1cc2ccnc(O[C@@H]3C[C@H]4C(=O)N[C@]5(C(=O)NS(=O)(=O)C6(F)CC6)C[C@H]5/C=C\CC[C@@H](C)C[C@@H](C)CC(=O)N4C3)c2cc1F.[HH].[HH].[HH]. The quantitative estimate of drug-likeness (QED) is 0.217. The molecule has 6 atom stereocenters. The van der Waals surface area contributed by atoms with Crippen LogP contribution in [0.4, 0.5) is 26.7 Å². The standard InChI is InChI=1S/C33H40F2N4O7S.C5H8F3NO2.3H2/c1-19-6-4-5-7-22-17-33(22,31(42)38-47(43,44)32(35)9-10-32)37-29(41)26-15-23(18-39(26)28(40)13-20(2)12-19)46-30-24-16-25(34)27(45-3)14-21(24)8-11-36-30;1-4(2,5(6,7)8)11-3(9)10;;;/h5,7-8,11,14,16,19-20,22-23,26H,4,6,9-10,12-13,15,17-18H2,1-3H3,(H,37,41)(H,38,42);1-2H3,(H2,9,10);3*1H/b7-5-;;;;/t19-,20-,22-,23-,26+,33-;;;;/m1..../s1. The summed E-state index contributed by atoms with van der Waals surface area (Å²) in [5, 5.41) is 1.27. The van der Waals surface area contributed by atoms with Crippen LogP contribution in [0, 0.1) is 23.6 Å². The molecule has 3 fully saturated rings. The van der Waals surface area contributed by atoms with E-state index in [1.807, 2.05) is 17.7 Å². The number of pyridine rings is 1. The van der Waals surface area contributed by atoms with Gasteiger partial charge in [0.05, 0.1) is 13.7 Å². The number of ether oxygens (including phenoxy) is 3. The van der Waals surface area contributed by atoms with Crippen molar-refractivity contribution in [3.63, 3.8) is 0 Å². The number of amides is 4. The normalized spacial score (nSPS) is 27.9. The number of halogens is 5. The molecular weight excluding hydrogens is 798 g/mol. The third kappa shape index (κ3) is 9.74. The molecular formula is C38H54F5N5O9S. The van der Waals surface area contributed by atoms with Gasteiger partial charge in [-0.2, -0.15) is 13.2 Å². The van der Waals surface area contributed by atoms with Crippen molar-refractivity contribution in [1.82, 2.24) is 19.9 Å². The van der Waals surface area contributed by atoms with Gasteiger partial charge in [0.2, 0.25) is 28.3 Å². The molecule has 2 aliphatic carbocycles. The highest BCUT2D eigenvalue weighted by atomic mass is 32.2. The van der Waals surface area contributed by atoms with E-state index in [2.05, 4.69) is 27.7 Å². The molecule has 6 rings (SSSR count). The first-order valence-electron chi connectivity index (χ1n) is 18.8. The number of aromatic nitrogens is 1. The number of rotatable bonds is 7. The van der Waals surface area contributed by atoms with E-state index in [4.69, 9.17) is 9.47 Å². The molecule has 14 nitrogen and oxygen atoms in total. The van der Waals surface area contributed by atoms with E-state index in [1.54, 1.807) is 12.1 Å². The Morgan fingerprint density at radius 2 is 1.81 bits per heavy atom. The maximum atomic E-state index is 14.6. The number of nitrogens with two attached hydrogens (primary N) is 1. The minimum Gasteiger partial charge on any atom is -0.494 e. The smallest absolute Gasteiger partial charge is 0.427 e. The van der Waals surface area contributed by atoms with Crippen LogP contribution in [0.5, 0.6) is 11.6 Å². The lowest BCUT2D eigenvalue weighted by molar-refractivity contribution is -0.243. The number of hydrogen-bond donors (Lipinski definition) is 3. The van der Waals surface area contributed by atoms with Crippen molar-refractivity contribution in [1.29, 1.82) is 0 Å². The zero-order chi connectivity index (χ0) is 43.0. The Kier molecular flexibility index (Phi) is 12.6. The average molecular weight is 852 g/mol. The number of benzene rings is 1. The number of carbonyl (C=O) groups is 4. The monoisotopic (exact) mass is 851 g/mol. The van der Waals surface area contributed by atoms with Crippen LogP contribution >= 0.6 is 0 Å². The fraction of sp³-hybridized carbons (Fsp3) is 0.605. The number of allylic oxidation sites excluding steroid dienone is 1. The second kappa shape index (κ2) is 16.5. The minimum absolute atomic E-state index is 0. The van der Waals surface area contributed by atoms with E-state index < -0.39 is 74.1 Å². The molecule has 0 bridgehead atoms. The molecule has 2 saturated carbocycles. The third-order valence-corrected chi connectivity index (χ3v) is 12.7. The Balaban J connectivity index is 0.000000809. The van der Waals surface area contributed by atoms with E-state index in [1.165, 1.54) is 30.3 Å². The molecule has 4 amide bonds. The third-order valence-electron chi connectivity index (χ3n) is 10.8. The van der Waals surface area contributed by atoms with Gasteiger partial charge in [0.15, 0.2) is 11.6 Å². The number of alkyl halides is 4. The van der Waals surface area contributed by atoms with Gasteiger partial charge in [0.25, 0.3) is 15.9 Å². The Morgan fingerprint density at radius 1 is 1.12 bits per heavy atom. The second-order valence-corrected chi connectivity index (χ2v) is 18.0. The van der Waals surface area contributed by atoms with Gasteiger partial charge in [0.1, 0.15) is 17.7 Å². The lowest BCUT2D eigenvalue weighted by Crippen LogP contribution is -2.57. The summed E-state index contributed by atoms with van der Waals surface area (Å²) < 4.78 is 107. The molecule has 58 heavy (non-hydrogen) atoms. The van der Waals surface area contributed by atoms with Crippen LogP contribution in [0.1, 0.15) is 83.3 Å². The summed E-state index contributed by atoms with van der Waals surface area (Å²) in [6.07, 6.45) is 0.799. The van der Waals surface area contributed by atoms with Crippen LogP contribution in [-0.2, 0) is 29.1 Å². The number of sulfonamides is 1. The predicted octanol–water partition coefficient (Wildman–Crippen LogP) is 6.07. The second-order valence-electron chi connectivity index (χ2n) is 16.0. The number of nitrogens with one attached hydrogen (secondary N) is 2. The van der Waals surface area contributed by atoms with Gasteiger partial charge in [-0.25, -0.2) is 31.7 Å². The molecule has 2 aliphatic heterocycles. The first-order chi connectivity index (χ1) is 26.9. The van der Waals surface area contributed by atoms with Crippen molar-refractivity contribution in [2.24, 2.45) is 23.5 Å². The molecule has 2 aromatic rings. The average Bonchev–Trinajstić information content (AvgIpc) is 3.99. The summed E-state index contributed by atoms with van der Waals surface area (Å²) in [5.74, 6) is -2.49. The molecule has 0 spiro atoms. The van der Waals surface area contributed by atoms with Crippen LogP contribution in [0.2, 0.25) is 0 Å². The van der Waals surface area contributed by atoms with Gasteiger partial charge in [-0.15, -0.1) is 0 Å². The van der Waals surface area contributed by atoms with Crippen molar-refractivity contribution in [2.75, 3.05) is 13.7 Å². The molecule has 0 radical (unpaired) electrons. The van der Waals surface area contributed by atoms with Crippen LogP contribution in [0.15, 0.2) is 36.5 Å². The maximum Gasteiger partial charge on any atom is 0.427 e. The van der Waals surface area contributed by atoms with E-state index in [-0.39, 0.29) is 66.4 Å². The molecule has 1 saturated heterocycles. The van der Waals surface area contributed by atoms with Gasteiger partial charge in [-0.05, 0) is 75.0 Å².